The van der Waals surface area contributed by atoms with Gasteiger partial charge in [0.05, 0.1) is 12.6 Å². The van der Waals surface area contributed by atoms with Gasteiger partial charge in [0, 0.05) is 18.5 Å². The molecule has 0 fully saturated rings. The average Bonchev–Trinajstić information content (AvgIpc) is 2.65. The van der Waals surface area contributed by atoms with Gasteiger partial charge in [-0.25, -0.2) is 4.79 Å². The zero-order chi connectivity index (χ0) is 20.2. The van der Waals surface area contributed by atoms with Crippen LogP contribution in [0, 0.1) is 5.92 Å². The van der Waals surface area contributed by atoms with E-state index in [9.17, 15) is 9.59 Å². The van der Waals surface area contributed by atoms with Gasteiger partial charge in [0.15, 0.2) is 0 Å². The van der Waals surface area contributed by atoms with E-state index in [0.717, 1.165) is 5.56 Å². The molecule has 1 amide bonds. The van der Waals surface area contributed by atoms with Gasteiger partial charge in [-0.05, 0) is 25.3 Å². The Balaban J connectivity index is 3.18. The Morgan fingerprint density at radius 1 is 1.22 bits per heavy atom. The number of allylic oxidation sites excluding steroid dienone is 2. The maximum Gasteiger partial charge on any atom is 0.333 e. The van der Waals surface area contributed by atoms with Crippen LogP contribution < -0.4 is 0 Å². The Kier molecular flexibility index (Phi) is 9.88. The zero-order valence-electron chi connectivity index (χ0n) is 16.9. The van der Waals surface area contributed by atoms with Crippen molar-refractivity contribution < 1.29 is 14.3 Å². The first-order valence-corrected chi connectivity index (χ1v) is 9.37. The predicted molar refractivity (Wildman–Crippen MR) is 110 cm³/mol. The van der Waals surface area contributed by atoms with E-state index in [2.05, 4.69) is 6.58 Å². The minimum Gasteiger partial charge on any atom is -0.463 e. The molecule has 0 aliphatic carbocycles. The summed E-state index contributed by atoms with van der Waals surface area (Å²) in [5, 5.41) is 0. The molecular weight excluding hydrogens is 338 g/mol. The highest BCUT2D eigenvalue weighted by Gasteiger charge is 2.25. The molecule has 0 spiro atoms. The van der Waals surface area contributed by atoms with Crippen LogP contribution in [-0.4, -0.2) is 29.4 Å². The lowest BCUT2D eigenvalue weighted by molar-refractivity contribution is -0.139. The second-order valence-electron chi connectivity index (χ2n) is 6.68. The molecule has 0 saturated carbocycles. The fourth-order valence-electron chi connectivity index (χ4n) is 2.73. The van der Waals surface area contributed by atoms with E-state index in [1.165, 1.54) is 0 Å². The summed E-state index contributed by atoms with van der Waals surface area (Å²) in [6.45, 7) is 12.1. The van der Waals surface area contributed by atoms with E-state index in [1.54, 1.807) is 32.1 Å². The Hall–Kier alpha value is -2.62. The number of amides is 1. The van der Waals surface area contributed by atoms with E-state index in [-0.39, 0.29) is 30.3 Å². The molecule has 0 saturated heterocycles. The summed E-state index contributed by atoms with van der Waals surface area (Å²) in [5.74, 6) is -0.198. The van der Waals surface area contributed by atoms with Crippen molar-refractivity contribution in [2.75, 3.05) is 6.61 Å². The Morgan fingerprint density at radius 2 is 1.89 bits per heavy atom. The topological polar surface area (TPSA) is 46.6 Å². The number of benzene rings is 1. The van der Waals surface area contributed by atoms with Crippen molar-refractivity contribution >= 4 is 11.9 Å². The van der Waals surface area contributed by atoms with Gasteiger partial charge in [0.1, 0.15) is 0 Å². The summed E-state index contributed by atoms with van der Waals surface area (Å²) in [7, 11) is 0. The number of nitrogens with zero attached hydrogens (tertiary/aromatic N) is 1. The SMILES string of the molecule is C=C/C=C/CC(=O)N(Cc1ccccc1)[C@H](/C=C(\C)C(=O)OCC)C(C)C. The Morgan fingerprint density at radius 3 is 2.44 bits per heavy atom. The van der Waals surface area contributed by atoms with Crippen LogP contribution in [0.15, 0.2) is 66.8 Å². The van der Waals surface area contributed by atoms with Crippen molar-refractivity contribution in [1.29, 1.82) is 0 Å². The molecule has 0 radical (unpaired) electrons. The molecular formula is C23H31NO3. The summed E-state index contributed by atoms with van der Waals surface area (Å²) < 4.78 is 5.09. The van der Waals surface area contributed by atoms with E-state index in [0.29, 0.717) is 18.7 Å². The molecule has 146 valence electrons. The summed E-state index contributed by atoms with van der Waals surface area (Å²) in [4.78, 5) is 26.8. The normalized spacial score (nSPS) is 12.9. The smallest absolute Gasteiger partial charge is 0.333 e. The number of hydrogen-bond donors (Lipinski definition) is 0. The van der Waals surface area contributed by atoms with Crippen LogP contribution in [0.1, 0.15) is 39.7 Å². The van der Waals surface area contributed by atoms with E-state index >= 15 is 0 Å². The second kappa shape index (κ2) is 11.9. The highest BCUT2D eigenvalue weighted by Crippen LogP contribution is 2.20. The molecule has 0 aromatic heterocycles. The van der Waals surface area contributed by atoms with Crippen LogP contribution in [0.25, 0.3) is 0 Å². The molecule has 0 bridgehead atoms. The molecule has 1 aromatic carbocycles. The minimum atomic E-state index is -0.346. The number of rotatable bonds is 10. The fraction of sp³-hybridized carbons (Fsp3) is 0.391. The number of carbonyl (C=O) groups excluding carboxylic acids is 2. The van der Waals surface area contributed by atoms with Gasteiger partial charge in [0.2, 0.25) is 5.91 Å². The van der Waals surface area contributed by atoms with E-state index < -0.39 is 0 Å². The van der Waals surface area contributed by atoms with Crippen molar-refractivity contribution in [2.45, 2.75) is 46.7 Å². The van der Waals surface area contributed by atoms with Gasteiger partial charge in [-0.2, -0.15) is 0 Å². The third kappa shape index (κ3) is 7.65. The molecule has 4 heteroatoms. The first-order chi connectivity index (χ1) is 12.9. The van der Waals surface area contributed by atoms with Crippen LogP contribution in [0.5, 0.6) is 0 Å². The molecule has 0 heterocycles. The zero-order valence-corrected chi connectivity index (χ0v) is 16.9. The van der Waals surface area contributed by atoms with E-state index in [1.807, 2.05) is 55.2 Å². The van der Waals surface area contributed by atoms with Gasteiger partial charge in [0.25, 0.3) is 0 Å². The average molecular weight is 370 g/mol. The number of hydrogen-bond acceptors (Lipinski definition) is 3. The quantitative estimate of drug-likeness (QED) is 0.342. The second-order valence-corrected chi connectivity index (χ2v) is 6.68. The van der Waals surface area contributed by atoms with Gasteiger partial charge >= 0.3 is 5.97 Å². The van der Waals surface area contributed by atoms with Crippen LogP contribution in [0.3, 0.4) is 0 Å². The fourth-order valence-corrected chi connectivity index (χ4v) is 2.73. The number of ether oxygens (including phenoxy) is 1. The third-order valence-electron chi connectivity index (χ3n) is 4.14. The first-order valence-electron chi connectivity index (χ1n) is 9.37. The highest BCUT2D eigenvalue weighted by molar-refractivity contribution is 5.88. The Bertz CT molecular complexity index is 674. The van der Waals surface area contributed by atoms with Gasteiger partial charge in [-0.1, -0.05) is 75.1 Å². The van der Waals surface area contributed by atoms with Crippen molar-refractivity contribution in [3.63, 3.8) is 0 Å². The monoisotopic (exact) mass is 369 g/mol. The first kappa shape index (κ1) is 22.4. The van der Waals surface area contributed by atoms with Crippen molar-refractivity contribution in [2.24, 2.45) is 5.92 Å². The van der Waals surface area contributed by atoms with Crippen LogP contribution >= 0.6 is 0 Å². The Labute approximate surface area is 163 Å². The number of carbonyl (C=O) groups is 2. The summed E-state index contributed by atoms with van der Waals surface area (Å²) in [6, 6.07) is 9.66. The van der Waals surface area contributed by atoms with Crippen LogP contribution in [0.2, 0.25) is 0 Å². The molecule has 1 rings (SSSR count). The standard InChI is InChI=1S/C23H31NO3/c1-6-8-10-15-22(25)24(17-20-13-11-9-12-14-20)21(18(3)4)16-19(5)23(26)27-7-2/h6,8-14,16,18,21H,1,7,15,17H2,2-5H3/b10-8+,19-16+/t21-/m1/s1. The lowest BCUT2D eigenvalue weighted by Gasteiger charge is -2.33. The predicted octanol–water partition coefficient (Wildman–Crippen LogP) is 4.68. The summed E-state index contributed by atoms with van der Waals surface area (Å²) in [6.07, 6.45) is 7.35. The molecule has 0 aliphatic rings. The van der Waals surface area contributed by atoms with E-state index in [4.69, 9.17) is 4.74 Å². The molecule has 0 N–H and O–H groups in total. The van der Waals surface area contributed by atoms with Crippen molar-refractivity contribution in [1.82, 2.24) is 4.90 Å². The van der Waals surface area contributed by atoms with Gasteiger partial charge in [-0.15, -0.1) is 0 Å². The highest BCUT2D eigenvalue weighted by atomic mass is 16.5. The van der Waals surface area contributed by atoms with Gasteiger partial charge < -0.3 is 9.64 Å². The van der Waals surface area contributed by atoms with Crippen LogP contribution in [-0.2, 0) is 20.9 Å². The molecule has 27 heavy (non-hydrogen) atoms. The van der Waals surface area contributed by atoms with Crippen molar-refractivity contribution in [3.8, 4) is 0 Å². The molecule has 1 atom stereocenters. The molecule has 0 aliphatic heterocycles. The van der Waals surface area contributed by atoms with Crippen molar-refractivity contribution in [3.05, 3.63) is 72.4 Å². The maximum absolute atomic E-state index is 12.9. The summed E-state index contributed by atoms with van der Waals surface area (Å²) >= 11 is 0. The molecule has 4 nitrogen and oxygen atoms in total. The maximum atomic E-state index is 12.9. The molecule has 1 aromatic rings. The van der Waals surface area contributed by atoms with Crippen LogP contribution in [0.4, 0.5) is 0 Å². The lowest BCUT2D eigenvalue weighted by atomic mass is 9.98. The third-order valence-corrected chi connectivity index (χ3v) is 4.14. The largest absolute Gasteiger partial charge is 0.463 e. The molecule has 0 unspecified atom stereocenters. The van der Waals surface area contributed by atoms with Gasteiger partial charge in [-0.3, -0.25) is 4.79 Å². The number of esters is 1. The minimum absolute atomic E-state index is 0.00330. The summed E-state index contributed by atoms with van der Waals surface area (Å²) in [5.41, 5.74) is 1.56. The lowest BCUT2D eigenvalue weighted by Crippen LogP contribution is -2.42.